The van der Waals surface area contributed by atoms with E-state index in [9.17, 15) is 9.59 Å². The minimum atomic E-state index is -0.369. The lowest BCUT2D eigenvalue weighted by atomic mass is 10.1. The zero-order valence-corrected chi connectivity index (χ0v) is 13.6. The Hall–Kier alpha value is -2.28. The smallest absolute Gasteiger partial charge is 0.341 e. The van der Waals surface area contributed by atoms with Gasteiger partial charge in [0.05, 0.1) is 25.0 Å². The Balaban J connectivity index is 1.71. The number of carbonyl (C=O) groups excluding carboxylic acids is 2. The summed E-state index contributed by atoms with van der Waals surface area (Å²) in [5.74, 6) is 0.299. The van der Waals surface area contributed by atoms with Crippen LogP contribution in [0.2, 0.25) is 0 Å². The van der Waals surface area contributed by atoms with Crippen molar-refractivity contribution in [2.75, 3.05) is 11.9 Å². The molecular formula is C16H18N2O4S. The number of fused-ring (bicyclic) bond motifs is 1. The van der Waals surface area contributed by atoms with Crippen molar-refractivity contribution in [2.24, 2.45) is 0 Å². The van der Waals surface area contributed by atoms with Gasteiger partial charge in [0.1, 0.15) is 10.8 Å². The number of amides is 2. The largest absolute Gasteiger partial charge is 0.467 e. The molecule has 2 N–H and O–H groups in total. The SMILES string of the molecule is CCOC(=O)c1c(NC(=O)NCc2ccco2)sc2c1CCC2. The van der Waals surface area contributed by atoms with Crippen molar-refractivity contribution in [1.82, 2.24) is 5.32 Å². The van der Waals surface area contributed by atoms with Crippen molar-refractivity contribution in [2.45, 2.75) is 32.7 Å². The van der Waals surface area contributed by atoms with E-state index < -0.39 is 0 Å². The maximum absolute atomic E-state index is 12.2. The third-order valence-corrected chi connectivity index (χ3v) is 4.84. The predicted octanol–water partition coefficient (Wildman–Crippen LogP) is 3.33. The Morgan fingerprint density at radius 1 is 1.39 bits per heavy atom. The van der Waals surface area contributed by atoms with Gasteiger partial charge in [-0.25, -0.2) is 9.59 Å². The summed E-state index contributed by atoms with van der Waals surface area (Å²) in [6, 6.07) is 3.17. The first-order chi connectivity index (χ1) is 11.2. The molecule has 0 atom stereocenters. The molecule has 0 fully saturated rings. The summed E-state index contributed by atoms with van der Waals surface area (Å²) in [6.07, 6.45) is 4.40. The molecule has 0 bridgehead atoms. The van der Waals surface area contributed by atoms with Crippen molar-refractivity contribution in [1.29, 1.82) is 0 Å². The standard InChI is InChI=1S/C16H18N2O4S/c1-2-21-15(19)13-11-6-3-7-12(11)23-14(13)18-16(20)17-9-10-5-4-8-22-10/h4-5,8H,2-3,6-7,9H2,1H3,(H2,17,18,20). The second-order valence-corrected chi connectivity index (χ2v) is 6.27. The molecular weight excluding hydrogens is 316 g/mol. The number of thiophene rings is 1. The minimum Gasteiger partial charge on any atom is -0.467 e. The van der Waals surface area contributed by atoms with Crippen LogP contribution in [0.25, 0.3) is 0 Å². The van der Waals surface area contributed by atoms with Gasteiger partial charge in [0.2, 0.25) is 0 Å². The quantitative estimate of drug-likeness (QED) is 0.822. The van der Waals surface area contributed by atoms with E-state index in [4.69, 9.17) is 9.15 Å². The van der Waals surface area contributed by atoms with Crippen LogP contribution < -0.4 is 10.6 Å². The van der Waals surface area contributed by atoms with E-state index in [0.717, 1.165) is 29.7 Å². The maximum Gasteiger partial charge on any atom is 0.341 e. The average Bonchev–Trinajstić information content (AvgIpc) is 3.22. The summed E-state index contributed by atoms with van der Waals surface area (Å²) < 4.78 is 10.3. The van der Waals surface area contributed by atoms with Gasteiger partial charge in [-0.05, 0) is 43.9 Å². The van der Waals surface area contributed by atoms with Crippen LogP contribution in [0.3, 0.4) is 0 Å². The second-order valence-electron chi connectivity index (χ2n) is 5.17. The van der Waals surface area contributed by atoms with Crippen LogP contribution in [-0.2, 0) is 24.1 Å². The molecule has 1 aliphatic rings. The van der Waals surface area contributed by atoms with Crippen LogP contribution >= 0.6 is 11.3 Å². The monoisotopic (exact) mass is 334 g/mol. The van der Waals surface area contributed by atoms with Crippen LogP contribution in [0.4, 0.5) is 9.80 Å². The van der Waals surface area contributed by atoms with Crippen LogP contribution in [0.1, 0.15) is 39.9 Å². The maximum atomic E-state index is 12.2. The number of ether oxygens (including phenoxy) is 1. The molecule has 0 spiro atoms. The van der Waals surface area contributed by atoms with Gasteiger partial charge in [0, 0.05) is 4.88 Å². The van der Waals surface area contributed by atoms with Crippen molar-refractivity contribution in [3.05, 3.63) is 40.2 Å². The number of carbonyl (C=O) groups is 2. The highest BCUT2D eigenvalue weighted by Crippen LogP contribution is 2.39. The molecule has 1 aliphatic carbocycles. The summed E-state index contributed by atoms with van der Waals surface area (Å²) in [7, 11) is 0. The number of anilines is 1. The summed E-state index contributed by atoms with van der Waals surface area (Å²) in [4.78, 5) is 25.4. The molecule has 3 rings (SSSR count). The topological polar surface area (TPSA) is 80.6 Å². The molecule has 23 heavy (non-hydrogen) atoms. The average molecular weight is 334 g/mol. The number of aryl methyl sites for hydroxylation is 1. The fourth-order valence-corrected chi connectivity index (χ4v) is 3.91. The summed E-state index contributed by atoms with van der Waals surface area (Å²) >= 11 is 1.46. The minimum absolute atomic E-state index is 0.290. The van der Waals surface area contributed by atoms with Crippen LogP contribution in [0, 0.1) is 0 Å². The van der Waals surface area contributed by atoms with E-state index in [1.54, 1.807) is 25.3 Å². The first kappa shape index (κ1) is 15.6. The van der Waals surface area contributed by atoms with Crippen LogP contribution in [0.5, 0.6) is 0 Å². The Kier molecular flexibility index (Phi) is 4.66. The van der Waals surface area contributed by atoms with Gasteiger partial charge in [-0.15, -0.1) is 11.3 Å². The van der Waals surface area contributed by atoms with Gasteiger partial charge in [-0.2, -0.15) is 0 Å². The lowest BCUT2D eigenvalue weighted by Crippen LogP contribution is -2.28. The van der Waals surface area contributed by atoms with Gasteiger partial charge < -0.3 is 14.5 Å². The van der Waals surface area contributed by atoms with Gasteiger partial charge in [-0.3, -0.25) is 5.32 Å². The third-order valence-electron chi connectivity index (χ3n) is 3.63. The third kappa shape index (κ3) is 3.39. The molecule has 2 heterocycles. The molecule has 0 aromatic carbocycles. The number of urea groups is 1. The Morgan fingerprint density at radius 3 is 3.00 bits per heavy atom. The zero-order valence-electron chi connectivity index (χ0n) is 12.8. The molecule has 2 amide bonds. The molecule has 2 aromatic rings. The molecule has 6 nitrogen and oxygen atoms in total. The zero-order chi connectivity index (χ0) is 16.2. The normalized spacial score (nSPS) is 12.7. The number of nitrogens with one attached hydrogen (secondary N) is 2. The van der Waals surface area contributed by atoms with Gasteiger partial charge in [0.15, 0.2) is 0 Å². The molecule has 0 unspecified atom stereocenters. The summed E-state index contributed by atoms with van der Waals surface area (Å²) in [5, 5.41) is 6.04. The number of furan rings is 1. The number of rotatable bonds is 5. The molecule has 0 saturated heterocycles. The molecule has 2 aromatic heterocycles. The van der Waals surface area contributed by atoms with Gasteiger partial charge in [0.25, 0.3) is 0 Å². The number of esters is 1. The van der Waals surface area contributed by atoms with E-state index in [-0.39, 0.29) is 12.0 Å². The molecule has 122 valence electrons. The highest BCUT2D eigenvalue weighted by atomic mass is 32.1. The Labute approximate surface area is 137 Å². The Bertz CT molecular complexity index is 706. The molecule has 0 radical (unpaired) electrons. The second kappa shape index (κ2) is 6.87. The van der Waals surface area contributed by atoms with E-state index in [1.165, 1.54) is 11.3 Å². The van der Waals surface area contributed by atoms with Gasteiger partial charge in [-0.1, -0.05) is 0 Å². The highest BCUT2D eigenvalue weighted by Gasteiger charge is 2.28. The predicted molar refractivity (Wildman–Crippen MR) is 86.9 cm³/mol. The first-order valence-electron chi connectivity index (χ1n) is 7.58. The van der Waals surface area contributed by atoms with E-state index in [0.29, 0.717) is 29.5 Å². The fourth-order valence-electron chi connectivity index (χ4n) is 2.64. The van der Waals surface area contributed by atoms with E-state index in [1.807, 2.05) is 0 Å². The summed E-state index contributed by atoms with van der Waals surface area (Å²) in [5.41, 5.74) is 1.53. The molecule has 0 saturated carbocycles. The van der Waals surface area contributed by atoms with Crippen LogP contribution in [-0.4, -0.2) is 18.6 Å². The number of hydrogen-bond donors (Lipinski definition) is 2. The highest BCUT2D eigenvalue weighted by molar-refractivity contribution is 7.17. The van der Waals surface area contributed by atoms with Crippen molar-refractivity contribution in [3.63, 3.8) is 0 Å². The first-order valence-corrected chi connectivity index (χ1v) is 8.39. The lowest BCUT2D eigenvalue weighted by molar-refractivity contribution is 0.0527. The summed E-state index contributed by atoms with van der Waals surface area (Å²) in [6.45, 7) is 2.37. The molecule has 0 aliphatic heterocycles. The van der Waals surface area contributed by atoms with Crippen molar-refractivity contribution < 1.29 is 18.7 Å². The van der Waals surface area contributed by atoms with Crippen molar-refractivity contribution in [3.8, 4) is 0 Å². The number of hydrogen-bond acceptors (Lipinski definition) is 5. The Morgan fingerprint density at radius 2 is 2.26 bits per heavy atom. The van der Waals surface area contributed by atoms with E-state index >= 15 is 0 Å². The molecule has 7 heteroatoms. The van der Waals surface area contributed by atoms with Crippen LogP contribution in [0.15, 0.2) is 22.8 Å². The fraction of sp³-hybridized carbons (Fsp3) is 0.375. The van der Waals surface area contributed by atoms with Crippen molar-refractivity contribution >= 4 is 28.3 Å². The van der Waals surface area contributed by atoms with Gasteiger partial charge >= 0.3 is 12.0 Å². The lowest BCUT2D eigenvalue weighted by Gasteiger charge is -2.08. The van der Waals surface area contributed by atoms with E-state index in [2.05, 4.69) is 10.6 Å².